The van der Waals surface area contributed by atoms with E-state index >= 15 is 0 Å². The zero-order valence-corrected chi connectivity index (χ0v) is 13.5. The van der Waals surface area contributed by atoms with Crippen LogP contribution in [0.3, 0.4) is 0 Å². The van der Waals surface area contributed by atoms with Crippen LogP contribution >= 0.6 is 23.1 Å². The number of nitrogens with zero attached hydrogens (tertiary/aromatic N) is 2. The minimum atomic E-state index is 0.404. The average Bonchev–Trinajstić information content (AvgIpc) is 3.09. The van der Waals surface area contributed by atoms with Gasteiger partial charge in [-0.1, -0.05) is 42.1 Å². The Bertz CT molecular complexity index is 780. The molecule has 4 rings (SSSR count). The van der Waals surface area contributed by atoms with Crippen molar-refractivity contribution < 1.29 is 0 Å². The van der Waals surface area contributed by atoms with Gasteiger partial charge in [0, 0.05) is 15.5 Å². The predicted molar refractivity (Wildman–Crippen MR) is 90.2 cm³/mol. The van der Waals surface area contributed by atoms with Crippen molar-refractivity contribution in [3.8, 4) is 0 Å². The molecule has 0 spiro atoms. The molecule has 1 aromatic carbocycles. The Labute approximate surface area is 132 Å². The third-order valence-corrected chi connectivity index (χ3v) is 6.38. The number of hydrogen-bond acceptors (Lipinski definition) is 4. The number of hydrogen-bond donors (Lipinski definition) is 0. The van der Waals surface area contributed by atoms with Gasteiger partial charge < -0.3 is 0 Å². The number of aryl methyl sites for hydroxylation is 2. The molecule has 2 nitrogen and oxygen atoms in total. The molecule has 0 saturated carbocycles. The molecule has 21 heavy (non-hydrogen) atoms. The van der Waals surface area contributed by atoms with Crippen LogP contribution in [0.25, 0.3) is 10.2 Å². The third-order valence-electron chi connectivity index (χ3n) is 4.02. The summed E-state index contributed by atoms with van der Waals surface area (Å²) in [6.07, 6.45) is 5.41. The van der Waals surface area contributed by atoms with E-state index in [1.54, 1.807) is 6.33 Å². The first-order chi connectivity index (χ1) is 10.3. The molecule has 0 saturated heterocycles. The zero-order chi connectivity index (χ0) is 14.2. The molecular weight excluding hydrogens is 296 g/mol. The van der Waals surface area contributed by atoms with Crippen molar-refractivity contribution in [2.45, 2.75) is 36.5 Å². The Balaban J connectivity index is 1.74. The van der Waals surface area contributed by atoms with Crippen LogP contribution in [0.5, 0.6) is 0 Å². The van der Waals surface area contributed by atoms with Crippen LogP contribution in [0, 0.1) is 0 Å². The second kappa shape index (κ2) is 5.43. The zero-order valence-electron chi connectivity index (χ0n) is 11.9. The summed E-state index contributed by atoms with van der Waals surface area (Å²) in [6, 6.07) is 10.6. The topological polar surface area (TPSA) is 25.8 Å². The lowest BCUT2D eigenvalue weighted by Crippen LogP contribution is -1.92. The van der Waals surface area contributed by atoms with E-state index in [1.807, 2.05) is 23.1 Å². The summed E-state index contributed by atoms with van der Waals surface area (Å²) in [5.74, 6) is 0. The molecule has 4 heteroatoms. The van der Waals surface area contributed by atoms with Gasteiger partial charge in [-0.3, -0.25) is 0 Å². The molecule has 0 unspecified atom stereocenters. The molecule has 0 fully saturated rings. The van der Waals surface area contributed by atoms with Crippen LogP contribution in [-0.2, 0) is 12.8 Å². The van der Waals surface area contributed by atoms with Gasteiger partial charge in [-0.05, 0) is 37.3 Å². The fourth-order valence-electron chi connectivity index (χ4n) is 2.95. The summed E-state index contributed by atoms with van der Waals surface area (Å²) in [5.41, 5.74) is 2.86. The quantitative estimate of drug-likeness (QED) is 0.501. The lowest BCUT2D eigenvalue weighted by atomic mass is 10.2. The predicted octanol–water partition coefficient (Wildman–Crippen LogP) is 5.03. The monoisotopic (exact) mass is 312 g/mol. The van der Waals surface area contributed by atoms with E-state index in [2.05, 4.69) is 47.2 Å². The van der Waals surface area contributed by atoms with E-state index in [-0.39, 0.29) is 0 Å². The van der Waals surface area contributed by atoms with Crippen LogP contribution in [0.4, 0.5) is 0 Å². The highest BCUT2D eigenvalue weighted by Gasteiger charge is 2.22. The molecule has 0 amide bonds. The standard InChI is InChI=1S/C17H16N2S2/c1-11(12-6-3-2-4-7-12)20-16-15-13-8-5-9-14(13)21-17(15)19-10-18-16/h2-4,6-7,10-11H,5,8-9H2,1H3/t11-/m1/s1. The van der Waals surface area contributed by atoms with Gasteiger partial charge in [0.15, 0.2) is 0 Å². The smallest absolute Gasteiger partial charge is 0.128 e. The first-order valence-electron chi connectivity index (χ1n) is 7.30. The van der Waals surface area contributed by atoms with Gasteiger partial charge in [-0.25, -0.2) is 9.97 Å². The van der Waals surface area contributed by atoms with Crippen molar-refractivity contribution in [3.05, 3.63) is 52.7 Å². The maximum Gasteiger partial charge on any atom is 0.128 e. The molecule has 3 aromatic rings. The molecular formula is C17H16N2S2. The summed E-state index contributed by atoms with van der Waals surface area (Å²) in [5, 5.41) is 2.87. The number of thioether (sulfide) groups is 1. The largest absolute Gasteiger partial charge is 0.229 e. The fourth-order valence-corrected chi connectivity index (χ4v) is 5.32. The van der Waals surface area contributed by atoms with Crippen LogP contribution in [-0.4, -0.2) is 9.97 Å². The first kappa shape index (κ1) is 13.3. The maximum atomic E-state index is 4.58. The summed E-state index contributed by atoms with van der Waals surface area (Å²) in [7, 11) is 0. The van der Waals surface area contributed by atoms with Crippen LogP contribution in [0.1, 0.15) is 34.6 Å². The Kier molecular flexibility index (Phi) is 3.43. The molecule has 2 aromatic heterocycles. The normalized spacial score (nSPS) is 15.3. The minimum Gasteiger partial charge on any atom is -0.229 e. The molecule has 106 valence electrons. The Morgan fingerprint density at radius 3 is 2.86 bits per heavy atom. The van der Waals surface area contributed by atoms with E-state index in [1.165, 1.54) is 40.7 Å². The highest BCUT2D eigenvalue weighted by molar-refractivity contribution is 7.99. The first-order valence-corrected chi connectivity index (χ1v) is 8.99. The second-order valence-corrected chi connectivity index (χ2v) is 7.80. The lowest BCUT2D eigenvalue weighted by Gasteiger charge is -2.11. The van der Waals surface area contributed by atoms with Crippen molar-refractivity contribution in [1.29, 1.82) is 0 Å². The number of aromatic nitrogens is 2. The Morgan fingerprint density at radius 2 is 2.00 bits per heavy atom. The Hall–Kier alpha value is -1.39. The average molecular weight is 312 g/mol. The molecule has 0 N–H and O–H groups in total. The van der Waals surface area contributed by atoms with Crippen molar-refractivity contribution >= 4 is 33.3 Å². The van der Waals surface area contributed by atoms with E-state index in [0.717, 1.165) is 9.86 Å². The van der Waals surface area contributed by atoms with Gasteiger partial charge in [0.1, 0.15) is 16.2 Å². The third kappa shape index (κ3) is 2.36. The number of fused-ring (bicyclic) bond motifs is 3. The summed E-state index contributed by atoms with van der Waals surface area (Å²) in [4.78, 5) is 11.8. The molecule has 2 heterocycles. The van der Waals surface area contributed by atoms with Crippen LogP contribution < -0.4 is 0 Å². The lowest BCUT2D eigenvalue weighted by molar-refractivity contribution is 0.915. The summed E-state index contributed by atoms with van der Waals surface area (Å²) < 4.78 is 0. The van der Waals surface area contributed by atoms with Crippen molar-refractivity contribution in [2.24, 2.45) is 0 Å². The van der Waals surface area contributed by atoms with E-state index < -0.39 is 0 Å². The summed E-state index contributed by atoms with van der Waals surface area (Å²) in [6.45, 7) is 2.25. The second-order valence-electron chi connectivity index (χ2n) is 5.39. The molecule has 1 aliphatic rings. The highest BCUT2D eigenvalue weighted by Crippen LogP contribution is 2.43. The van der Waals surface area contributed by atoms with E-state index in [9.17, 15) is 0 Å². The number of rotatable bonds is 3. The maximum absolute atomic E-state index is 4.58. The molecule has 0 bridgehead atoms. The number of benzene rings is 1. The molecule has 0 aliphatic heterocycles. The van der Waals surface area contributed by atoms with Gasteiger partial charge in [0.2, 0.25) is 0 Å². The van der Waals surface area contributed by atoms with Crippen molar-refractivity contribution in [1.82, 2.24) is 9.97 Å². The van der Waals surface area contributed by atoms with Gasteiger partial charge in [-0.15, -0.1) is 11.3 Å². The SMILES string of the molecule is C[C@@H](Sc1ncnc2sc3c(c12)CCC3)c1ccccc1. The van der Waals surface area contributed by atoms with Gasteiger partial charge in [-0.2, -0.15) is 0 Å². The molecule has 1 atom stereocenters. The minimum absolute atomic E-state index is 0.404. The molecule has 0 radical (unpaired) electrons. The van der Waals surface area contributed by atoms with Crippen molar-refractivity contribution in [2.75, 3.05) is 0 Å². The Morgan fingerprint density at radius 1 is 1.14 bits per heavy atom. The van der Waals surface area contributed by atoms with Gasteiger partial charge >= 0.3 is 0 Å². The number of thiophene rings is 1. The van der Waals surface area contributed by atoms with Gasteiger partial charge in [0.25, 0.3) is 0 Å². The van der Waals surface area contributed by atoms with Gasteiger partial charge in [0.05, 0.1) is 0 Å². The van der Waals surface area contributed by atoms with Crippen molar-refractivity contribution in [3.63, 3.8) is 0 Å². The fraction of sp³-hybridized carbons (Fsp3) is 0.294. The van der Waals surface area contributed by atoms with Crippen LogP contribution in [0.2, 0.25) is 0 Å². The van der Waals surface area contributed by atoms with E-state index in [0.29, 0.717) is 5.25 Å². The summed E-state index contributed by atoms with van der Waals surface area (Å²) >= 11 is 3.71. The van der Waals surface area contributed by atoms with E-state index in [4.69, 9.17) is 0 Å². The van der Waals surface area contributed by atoms with Crippen LogP contribution in [0.15, 0.2) is 41.7 Å². The highest BCUT2D eigenvalue weighted by atomic mass is 32.2. The molecule has 1 aliphatic carbocycles.